The van der Waals surface area contributed by atoms with E-state index in [-0.39, 0.29) is 0 Å². The van der Waals surface area contributed by atoms with Crippen molar-refractivity contribution in [2.24, 2.45) is 0 Å². The molecule has 0 aromatic heterocycles. The van der Waals surface area contributed by atoms with Crippen molar-refractivity contribution in [3.8, 4) is 0 Å². The van der Waals surface area contributed by atoms with E-state index < -0.39 is 259 Å². The van der Waals surface area contributed by atoms with Crippen LogP contribution in [0, 0.1) is 0 Å². The van der Waals surface area contributed by atoms with Gasteiger partial charge in [0.1, 0.15) is 140 Å². The number of ether oxygens (including phenoxy) is 11. The van der Waals surface area contributed by atoms with Gasteiger partial charge in [-0.05, 0) is 0 Å². The van der Waals surface area contributed by atoms with Crippen LogP contribution in [0.25, 0.3) is 0 Å². The van der Waals surface area contributed by atoms with Crippen LogP contribution in [-0.2, 0) is 71.3 Å². The smallest absolute Gasteiger partial charge is 0.364 e. The molecule has 6 fully saturated rings. The maximum absolute atomic E-state index is 12.7. The number of carboxylic acid groups (broad SMARTS) is 1. The van der Waals surface area contributed by atoms with E-state index >= 15 is 0 Å². The number of aliphatic carboxylic acids is 1. The average Bonchev–Trinajstić information content (AvgIpc) is 3.61. The molecule has 82 heavy (non-hydrogen) atoms. The molecule has 37 heteroatoms. The van der Waals surface area contributed by atoms with Gasteiger partial charge >= 0.3 is 5.97 Å². The molecule has 6 rings (SSSR count). The third-order valence-corrected chi connectivity index (χ3v) is 14.6. The molecule has 6 aliphatic heterocycles. The van der Waals surface area contributed by atoms with E-state index in [0.717, 1.165) is 20.8 Å². The summed E-state index contributed by atoms with van der Waals surface area (Å²) in [7, 11) is 0. The van der Waals surface area contributed by atoms with Crippen molar-refractivity contribution >= 4 is 23.7 Å². The first-order valence-electron chi connectivity index (χ1n) is 25.7. The number of rotatable bonds is 22. The topological polar surface area (TPSA) is 590 Å². The predicted octanol–water partition coefficient (Wildman–Crippen LogP) is -14.5. The summed E-state index contributed by atoms with van der Waals surface area (Å²) in [5.41, 5.74) is 0. The van der Waals surface area contributed by atoms with Crippen molar-refractivity contribution in [3.05, 3.63) is 0 Å². The van der Waals surface area contributed by atoms with Gasteiger partial charge in [0.25, 0.3) is 5.79 Å². The fourth-order valence-electron chi connectivity index (χ4n) is 10.2. The van der Waals surface area contributed by atoms with E-state index in [1.807, 2.05) is 0 Å². The van der Waals surface area contributed by atoms with Crippen LogP contribution < -0.4 is 16.0 Å². The number of hydrogen-bond donors (Lipinski definition) is 22. The Morgan fingerprint density at radius 1 is 0.500 bits per heavy atom. The van der Waals surface area contributed by atoms with Gasteiger partial charge in [-0.15, -0.1) is 0 Å². The molecule has 31 atom stereocenters. The van der Waals surface area contributed by atoms with Gasteiger partial charge < -0.3 is 165 Å². The van der Waals surface area contributed by atoms with Crippen LogP contribution in [0.5, 0.6) is 0 Å². The molecule has 22 N–H and O–H groups in total. The Hall–Kier alpha value is -3.28. The molecule has 0 saturated carbocycles. The molecule has 474 valence electrons. The fraction of sp³-hybridized carbons (Fsp3) is 0.911. The zero-order chi connectivity index (χ0) is 61.0. The Morgan fingerprint density at radius 3 is 1.41 bits per heavy atom. The molecule has 0 spiro atoms. The third kappa shape index (κ3) is 14.9. The minimum absolute atomic E-state index is 0.777. The van der Waals surface area contributed by atoms with E-state index in [0.29, 0.717) is 0 Å². The van der Waals surface area contributed by atoms with Crippen LogP contribution in [0.15, 0.2) is 0 Å². The molecule has 6 saturated heterocycles. The van der Waals surface area contributed by atoms with Crippen molar-refractivity contribution in [1.82, 2.24) is 16.0 Å². The second-order valence-electron chi connectivity index (χ2n) is 20.5. The Morgan fingerprint density at radius 2 is 0.927 bits per heavy atom. The lowest BCUT2D eigenvalue weighted by atomic mass is 9.88. The van der Waals surface area contributed by atoms with Crippen molar-refractivity contribution < 1.29 is 168 Å². The highest BCUT2D eigenvalue weighted by Gasteiger charge is 2.59. The third-order valence-electron chi connectivity index (χ3n) is 14.6. The molecule has 0 radical (unpaired) electrons. The number of carbonyl (C=O) groups is 4. The van der Waals surface area contributed by atoms with Crippen LogP contribution >= 0.6 is 0 Å². The number of carboxylic acids is 1. The Bertz CT molecular complexity index is 2090. The average molecular weight is 1200 g/mol. The van der Waals surface area contributed by atoms with E-state index in [1.54, 1.807) is 0 Å². The van der Waals surface area contributed by atoms with Crippen LogP contribution in [0.4, 0.5) is 0 Å². The van der Waals surface area contributed by atoms with Gasteiger partial charge in [0, 0.05) is 27.2 Å². The minimum atomic E-state index is -2.98. The van der Waals surface area contributed by atoms with E-state index in [1.165, 1.54) is 0 Å². The second kappa shape index (κ2) is 28.9. The number of amides is 3. The summed E-state index contributed by atoms with van der Waals surface area (Å²) in [6.07, 6.45) is -53.6. The number of aliphatic hydroxyl groups excluding tert-OH is 18. The van der Waals surface area contributed by atoms with Crippen molar-refractivity contribution in [1.29, 1.82) is 0 Å². The van der Waals surface area contributed by atoms with Gasteiger partial charge in [-0.2, -0.15) is 0 Å². The van der Waals surface area contributed by atoms with Crippen molar-refractivity contribution in [3.63, 3.8) is 0 Å². The first kappa shape index (κ1) is 67.8. The Kier molecular flexibility index (Phi) is 23.9. The van der Waals surface area contributed by atoms with Gasteiger partial charge in [-0.25, -0.2) is 4.79 Å². The maximum atomic E-state index is 12.7. The standard InChI is InChI=1S/C45H75N3O34/c1-11(53)46-21-14(56)4-45(44(70)71,82-37(21)24(58)15(57)5-49)73-10-20-26(60)31(65)34(68)43(78-20)80-36-18(8-52)77-41(23(29(36)63)48-13(3)55)81-38-32(66)27(61)19(74-39(38)69)9-72-40-22(47-12(2)54)28(62)35(17(7-51)76-40)79-42-33(67)30(64)25(59)16(6-50)75-42/h14-43,49-52,56-69H,4-10H2,1-3H3,(H,46,53)(H,47,54)(H,48,55)(H,70,71)/t14-,15+,16+,17+,18+,19+,20+,21+,22+,23+,24+,25-,26-,27+,28+,29+,30-,31-,32-,33+,34+,35+,36+,37+,38-,39-,40+,41-,42-,43-,45+/m0/s1. The molecule has 0 unspecified atom stereocenters. The van der Waals surface area contributed by atoms with Gasteiger partial charge in [-0.1, -0.05) is 0 Å². The van der Waals surface area contributed by atoms with Crippen LogP contribution in [-0.4, -0.2) is 350 Å². The minimum Gasteiger partial charge on any atom is -0.477 e. The van der Waals surface area contributed by atoms with Crippen LogP contribution in [0.1, 0.15) is 27.2 Å². The summed E-state index contributed by atoms with van der Waals surface area (Å²) in [5, 5.41) is 210. The molecule has 0 aromatic carbocycles. The summed E-state index contributed by atoms with van der Waals surface area (Å²) in [5.74, 6) is -7.40. The molecule has 3 amide bonds. The number of nitrogens with one attached hydrogen (secondary N) is 3. The predicted molar refractivity (Wildman–Crippen MR) is 251 cm³/mol. The van der Waals surface area contributed by atoms with Crippen molar-refractivity contribution in [2.75, 3.05) is 39.6 Å². The first-order chi connectivity index (χ1) is 38.5. The van der Waals surface area contributed by atoms with Crippen LogP contribution in [0.2, 0.25) is 0 Å². The highest BCUT2D eigenvalue weighted by molar-refractivity contribution is 5.77. The van der Waals surface area contributed by atoms with Crippen LogP contribution in [0.3, 0.4) is 0 Å². The summed E-state index contributed by atoms with van der Waals surface area (Å²) in [6.45, 7) is -2.91. The van der Waals surface area contributed by atoms with Gasteiger partial charge in [-0.3, -0.25) is 14.4 Å². The largest absolute Gasteiger partial charge is 0.477 e. The number of hydrogen-bond acceptors (Lipinski definition) is 33. The van der Waals surface area contributed by atoms with E-state index in [2.05, 4.69) is 16.0 Å². The van der Waals surface area contributed by atoms with E-state index in [4.69, 9.17) is 52.1 Å². The molecule has 0 aliphatic carbocycles. The number of aliphatic hydroxyl groups is 18. The zero-order valence-electron chi connectivity index (χ0n) is 43.9. The quantitative estimate of drug-likeness (QED) is 0.0479. The highest BCUT2D eigenvalue weighted by Crippen LogP contribution is 2.37. The number of carbonyl (C=O) groups excluding carboxylic acids is 3. The molecule has 0 bridgehead atoms. The highest BCUT2D eigenvalue weighted by atomic mass is 16.8. The van der Waals surface area contributed by atoms with E-state index in [9.17, 15) is 116 Å². The lowest BCUT2D eigenvalue weighted by Gasteiger charge is -2.49. The van der Waals surface area contributed by atoms with Gasteiger partial charge in [0.05, 0.1) is 51.8 Å². The molecular formula is C45H75N3O34. The summed E-state index contributed by atoms with van der Waals surface area (Å²) < 4.78 is 62.1. The normalized spacial score (nSPS) is 46.3. The Labute approximate surface area is 463 Å². The second-order valence-corrected chi connectivity index (χ2v) is 20.5. The van der Waals surface area contributed by atoms with Gasteiger partial charge in [0.2, 0.25) is 17.7 Å². The summed E-state index contributed by atoms with van der Waals surface area (Å²) in [6, 6.07) is -5.01. The monoisotopic (exact) mass is 1200 g/mol. The lowest BCUT2D eigenvalue weighted by Crippen LogP contribution is -2.69. The fourth-order valence-corrected chi connectivity index (χ4v) is 10.2. The molecule has 0 aromatic rings. The summed E-state index contributed by atoms with van der Waals surface area (Å²) in [4.78, 5) is 49.5. The lowest BCUT2D eigenvalue weighted by molar-refractivity contribution is -0.375. The maximum Gasteiger partial charge on any atom is 0.364 e. The molecule has 6 aliphatic rings. The van der Waals surface area contributed by atoms with Crippen molar-refractivity contribution in [2.45, 2.75) is 217 Å². The zero-order valence-corrected chi connectivity index (χ0v) is 43.9. The first-order valence-corrected chi connectivity index (χ1v) is 25.7. The molecule has 37 nitrogen and oxygen atoms in total. The molecule has 6 heterocycles. The Balaban J connectivity index is 1.12. The summed E-state index contributed by atoms with van der Waals surface area (Å²) >= 11 is 0. The van der Waals surface area contributed by atoms with Gasteiger partial charge in [0.15, 0.2) is 31.5 Å². The SMILES string of the molecule is CC(=O)N[C@H]1[C@H](OC[C@H]2O[C@H](O)[C@@H](O[C@@H]3O[C@H](CO)[C@@H](O[C@@H]4O[C@H](CO[C@]5(C(=O)O)C[C@H](O)[C@@H](NC(C)=O)[C@H]([C@H](O)[C@H](O)CO)O5)[C@H](O)[C@H](O)[C@H]4O)[C@H](O)[C@H]3NC(C)=O)[C@@H](O)[C@@H]2O)O[C@H](CO)[C@@H](O[C@@H]2O[C@H](CO)[C@H](O)[C@H](O)[C@H]2O)[C@@H]1O. The molecular weight excluding hydrogens is 1130 g/mol.